The summed E-state index contributed by atoms with van der Waals surface area (Å²) in [4.78, 5) is 12.7. The zero-order valence-corrected chi connectivity index (χ0v) is 25.8. The lowest BCUT2D eigenvalue weighted by Gasteiger charge is -2.24. The summed E-state index contributed by atoms with van der Waals surface area (Å²) < 4.78 is 8.41. The third kappa shape index (κ3) is 14.0. The van der Waals surface area contributed by atoms with Crippen LogP contribution in [0.3, 0.4) is 0 Å². The van der Waals surface area contributed by atoms with Gasteiger partial charge in [0.25, 0.3) is 0 Å². The van der Waals surface area contributed by atoms with Crippen molar-refractivity contribution >= 4 is 5.91 Å². The van der Waals surface area contributed by atoms with Crippen LogP contribution in [0, 0.1) is 0 Å². The van der Waals surface area contributed by atoms with Crippen molar-refractivity contribution in [3.05, 3.63) is 59.4 Å². The molecule has 2 rings (SSSR count). The largest absolute Gasteiger partial charge is 0.493 e. The van der Waals surface area contributed by atoms with E-state index in [4.69, 9.17) is 4.74 Å². The molecule has 1 aromatic heterocycles. The van der Waals surface area contributed by atoms with Gasteiger partial charge in [-0.1, -0.05) is 117 Å². The van der Waals surface area contributed by atoms with Gasteiger partial charge in [-0.15, -0.1) is 0 Å². The molecule has 0 aliphatic rings. The van der Waals surface area contributed by atoms with Gasteiger partial charge in [0.15, 0.2) is 12.4 Å². The maximum Gasteiger partial charge on any atom is 0.224 e. The molecule has 0 unspecified atom stereocenters. The molecule has 4 nitrogen and oxygen atoms in total. The molecule has 1 aromatic carbocycles. The zero-order chi connectivity index (χ0) is 28.3. The number of rotatable bonds is 20. The van der Waals surface area contributed by atoms with E-state index in [1.165, 1.54) is 76.2 Å². The average Bonchev–Trinajstić information content (AvgIpc) is 2.91. The molecule has 1 heterocycles. The predicted molar refractivity (Wildman–Crippen MR) is 164 cm³/mol. The molecule has 0 radical (unpaired) electrons. The molecule has 0 fully saturated rings. The summed E-state index contributed by atoms with van der Waals surface area (Å²) in [5, 5.41) is 3.07. The van der Waals surface area contributed by atoms with E-state index in [-0.39, 0.29) is 11.3 Å². The molecule has 0 saturated carbocycles. The van der Waals surface area contributed by atoms with E-state index in [0.717, 1.165) is 42.9 Å². The quantitative estimate of drug-likeness (QED) is 0.136. The molecule has 1 N–H and O–H groups in total. The van der Waals surface area contributed by atoms with E-state index < -0.39 is 0 Å². The highest BCUT2D eigenvalue weighted by Gasteiger charge is 2.20. The molecule has 0 aliphatic heterocycles. The Morgan fingerprint density at radius 3 is 1.92 bits per heavy atom. The third-order valence-corrected chi connectivity index (χ3v) is 7.40. The van der Waals surface area contributed by atoms with Gasteiger partial charge in [0.1, 0.15) is 12.3 Å². The summed E-state index contributed by atoms with van der Waals surface area (Å²) in [5.41, 5.74) is 3.28. The second-order valence-electron chi connectivity index (χ2n) is 12.2. The van der Waals surface area contributed by atoms with Gasteiger partial charge in [0.2, 0.25) is 5.91 Å². The number of aromatic nitrogens is 1. The van der Waals surface area contributed by atoms with Gasteiger partial charge in [0, 0.05) is 25.1 Å². The van der Waals surface area contributed by atoms with Crippen LogP contribution in [0.5, 0.6) is 5.75 Å². The first-order valence-electron chi connectivity index (χ1n) is 15.8. The minimum atomic E-state index is -0.0454. The Bertz CT molecular complexity index is 931. The van der Waals surface area contributed by atoms with E-state index in [2.05, 4.69) is 81.2 Å². The molecular weight excluding hydrogens is 480 g/mol. The number of unbranched alkanes of at least 4 members (excludes halogenated alkanes) is 11. The second kappa shape index (κ2) is 18.8. The van der Waals surface area contributed by atoms with Crippen molar-refractivity contribution in [3.8, 4) is 5.75 Å². The standard InChI is InChI=1S/C35H56N2O2/c1-6-8-9-10-11-12-13-14-15-16-17-18-26-39-33-20-19-31(27-32(33)35(3,4)5)28-34(38)36-29-30-21-24-37(23-7-2)25-22-30/h19-22,24-25,27H,6-18,23,26,28-29H2,1-5H3/p+1. The summed E-state index contributed by atoms with van der Waals surface area (Å²) in [6, 6.07) is 10.4. The normalized spacial score (nSPS) is 11.5. The number of pyridine rings is 1. The summed E-state index contributed by atoms with van der Waals surface area (Å²) in [6.07, 6.45) is 21.8. The molecule has 2 aromatic rings. The highest BCUT2D eigenvalue weighted by Crippen LogP contribution is 2.32. The summed E-state index contributed by atoms with van der Waals surface area (Å²) >= 11 is 0. The van der Waals surface area contributed by atoms with E-state index in [9.17, 15) is 4.79 Å². The second-order valence-corrected chi connectivity index (χ2v) is 12.2. The number of benzene rings is 1. The average molecular weight is 538 g/mol. The minimum absolute atomic E-state index is 0.0454. The maximum absolute atomic E-state index is 12.7. The molecule has 4 heteroatoms. The number of aryl methyl sites for hydroxylation is 1. The Labute approximate surface area is 240 Å². The molecule has 0 aliphatic carbocycles. The molecular formula is C35H57N2O2+. The van der Waals surface area contributed by atoms with Crippen LogP contribution in [0.15, 0.2) is 42.7 Å². The number of carbonyl (C=O) groups is 1. The lowest BCUT2D eigenvalue weighted by atomic mass is 9.85. The number of nitrogens with zero attached hydrogens (tertiary/aromatic N) is 1. The van der Waals surface area contributed by atoms with Crippen molar-refractivity contribution in [1.82, 2.24) is 5.32 Å². The first-order valence-corrected chi connectivity index (χ1v) is 15.8. The predicted octanol–water partition coefficient (Wildman–Crippen LogP) is 8.62. The van der Waals surface area contributed by atoms with Gasteiger partial charge in [-0.25, -0.2) is 4.57 Å². The Morgan fingerprint density at radius 1 is 0.769 bits per heavy atom. The van der Waals surface area contributed by atoms with E-state index in [1.807, 2.05) is 6.07 Å². The number of hydrogen-bond donors (Lipinski definition) is 1. The molecule has 1 amide bonds. The lowest BCUT2D eigenvalue weighted by Crippen LogP contribution is -2.32. The number of carbonyl (C=O) groups excluding carboxylic acids is 1. The van der Waals surface area contributed by atoms with Crippen molar-refractivity contribution in [2.75, 3.05) is 6.61 Å². The third-order valence-electron chi connectivity index (χ3n) is 7.40. The van der Waals surface area contributed by atoms with Crippen molar-refractivity contribution in [2.45, 2.75) is 143 Å². The van der Waals surface area contributed by atoms with Crippen molar-refractivity contribution < 1.29 is 14.1 Å². The molecule has 0 bridgehead atoms. The van der Waals surface area contributed by atoms with Gasteiger partial charge in [0.05, 0.1) is 13.0 Å². The highest BCUT2D eigenvalue weighted by atomic mass is 16.5. The van der Waals surface area contributed by atoms with Crippen molar-refractivity contribution in [1.29, 1.82) is 0 Å². The van der Waals surface area contributed by atoms with Crippen LogP contribution in [0.2, 0.25) is 0 Å². The monoisotopic (exact) mass is 537 g/mol. The van der Waals surface area contributed by atoms with E-state index >= 15 is 0 Å². The summed E-state index contributed by atoms with van der Waals surface area (Å²) in [6.45, 7) is 13.4. The maximum atomic E-state index is 12.7. The Hall–Kier alpha value is -2.36. The fourth-order valence-electron chi connectivity index (χ4n) is 4.99. The SMILES string of the molecule is CCCCCCCCCCCCCCOc1ccc(CC(=O)NCc2cc[n+](CCC)cc2)cc1C(C)(C)C. The first-order chi connectivity index (χ1) is 18.8. The topological polar surface area (TPSA) is 42.2 Å². The van der Waals surface area contributed by atoms with Gasteiger partial charge in [-0.05, 0) is 34.6 Å². The number of amides is 1. The molecule has 39 heavy (non-hydrogen) atoms. The van der Waals surface area contributed by atoms with Crippen LogP contribution in [0.25, 0.3) is 0 Å². The van der Waals surface area contributed by atoms with Crippen LogP contribution in [-0.4, -0.2) is 12.5 Å². The van der Waals surface area contributed by atoms with Gasteiger partial charge in [-0.2, -0.15) is 0 Å². The zero-order valence-electron chi connectivity index (χ0n) is 25.8. The van der Waals surface area contributed by atoms with Crippen molar-refractivity contribution in [3.63, 3.8) is 0 Å². The Morgan fingerprint density at radius 2 is 1.36 bits per heavy atom. The Kier molecular flexibility index (Phi) is 15.9. The van der Waals surface area contributed by atoms with Gasteiger partial charge in [-0.3, -0.25) is 4.79 Å². The lowest BCUT2D eigenvalue weighted by molar-refractivity contribution is -0.697. The van der Waals surface area contributed by atoms with Gasteiger partial charge >= 0.3 is 0 Å². The molecule has 0 spiro atoms. The minimum Gasteiger partial charge on any atom is -0.493 e. The Balaban J connectivity index is 1.71. The van der Waals surface area contributed by atoms with Crippen LogP contribution < -0.4 is 14.6 Å². The number of nitrogens with one attached hydrogen (secondary N) is 1. The number of ether oxygens (including phenoxy) is 1. The van der Waals surface area contributed by atoms with Crippen LogP contribution in [-0.2, 0) is 29.7 Å². The van der Waals surface area contributed by atoms with Gasteiger partial charge < -0.3 is 10.1 Å². The first kappa shape index (κ1) is 32.8. The summed E-state index contributed by atoms with van der Waals surface area (Å²) in [5.74, 6) is 1.00. The van der Waals surface area contributed by atoms with Crippen LogP contribution in [0.4, 0.5) is 0 Å². The summed E-state index contributed by atoms with van der Waals surface area (Å²) in [7, 11) is 0. The van der Waals surface area contributed by atoms with Crippen LogP contribution >= 0.6 is 0 Å². The molecule has 0 saturated heterocycles. The fourth-order valence-corrected chi connectivity index (χ4v) is 4.99. The number of hydrogen-bond acceptors (Lipinski definition) is 2. The fraction of sp³-hybridized carbons (Fsp3) is 0.657. The van der Waals surface area contributed by atoms with E-state index in [1.54, 1.807) is 0 Å². The molecule has 218 valence electrons. The smallest absolute Gasteiger partial charge is 0.224 e. The molecule has 0 atom stereocenters. The van der Waals surface area contributed by atoms with E-state index in [0.29, 0.717) is 13.0 Å². The highest BCUT2D eigenvalue weighted by molar-refractivity contribution is 5.78. The van der Waals surface area contributed by atoms with Crippen molar-refractivity contribution in [2.24, 2.45) is 0 Å². The van der Waals surface area contributed by atoms with Crippen LogP contribution in [0.1, 0.15) is 135 Å².